The molecule has 4 aromatic rings. The molecule has 33 heavy (non-hydrogen) atoms. The second-order valence-electron chi connectivity index (χ2n) is 7.28. The fourth-order valence-electron chi connectivity index (χ4n) is 3.24. The number of rotatable bonds is 7. The van der Waals surface area contributed by atoms with Crippen molar-refractivity contribution in [1.82, 2.24) is 5.43 Å². The van der Waals surface area contributed by atoms with E-state index in [1.165, 1.54) is 6.21 Å². The van der Waals surface area contributed by atoms with Crippen LogP contribution in [0.5, 0.6) is 5.75 Å². The van der Waals surface area contributed by atoms with E-state index in [4.69, 9.17) is 10.00 Å². The summed E-state index contributed by atoms with van der Waals surface area (Å²) in [7, 11) is 0. The zero-order valence-corrected chi connectivity index (χ0v) is 17.8. The van der Waals surface area contributed by atoms with Gasteiger partial charge in [-0.2, -0.15) is 10.4 Å². The number of nitriles is 1. The average molecular weight is 431 g/mol. The summed E-state index contributed by atoms with van der Waals surface area (Å²) in [5, 5.41) is 12.8. The van der Waals surface area contributed by atoms with E-state index in [1.54, 1.807) is 36.4 Å². The summed E-state index contributed by atoms with van der Waals surface area (Å²) in [4.78, 5) is 12.3. The van der Waals surface area contributed by atoms with Gasteiger partial charge in [-0.1, -0.05) is 72.8 Å². The number of nitrogens with one attached hydrogen (secondary N) is 1. The van der Waals surface area contributed by atoms with Crippen LogP contribution in [0.25, 0.3) is 11.1 Å². The Hall–Kier alpha value is -4.69. The van der Waals surface area contributed by atoms with Crippen molar-refractivity contribution in [3.63, 3.8) is 0 Å². The molecule has 0 aliphatic rings. The molecule has 0 spiro atoms. The zero-order valence-electron chi connectivity index (χ0n) is 17.8. The second-order valence-corrected chi connectivity index (χ2v) is 7.28. The molecule has 0 fully saturated rings. The molecule has 0 saturated heterocycles. The topological polar surface area (TPSA) is 74.5 Å². The van der Waals surface area contributed by atoms with Gasteiger partial charge in [0, 0.05) is 11.1 Å². The molecule has 0 radical (unpaired) electrons. The summed E-state index contributed by atoms with van der Waals surface area (Å²) < 4.78 is 6.06. The van der Waals surface area contributed by atoms with Crippen LogP contribution in [0.15, 0.2) is 108 Å². The Labute approximate surface area is 192 Å². The molecule has 0 unspecified atom stereocenters. The minimum atomic E-state index is -0.304. The van der Waals surface area contributed by atoms with Crippen LogP contribution in [0.2, 0.25) is 0 Å². The Morgan fingerprint density at radius 2 is 1.58 bits per heavy atom. The van der Waals surface area contributed by atoms with Gasteiger partial charge in [-0.25, -0.2) is 5.43 Å². The molecule has 0 atom stereocenters. The highest BCUT2D eigenvalue weighted by molar-refractivity contribution is 5.94. The highest BCUT2D eigenvalue weighted by Crippen LogP contribution is 2.30. The Bertz CT molecular complexity index is 1290. The Morgan fingerprint density at radius 1 is 0.879 bits per heavy atom. The molecule has 0 aliphatic heterocycles. The van der Waals surface area contributed by atoms with Crippen molar-refractivity contribution >= 4 is 12.1 Å². The van der Waals surface area contributed by atoms with Gasteiger partial charge in [0.1, 0.15) is 12.4 Å². The first-order valence-corrected chi connectivity index (χ1v) is 10.4. The van der Waals surface area contributed by atoms with E-state index in [0.29, 0.717) is 17.7 Å². The van der Waals surface area contributed by atoms with Crippen LogP contribution in [0, 0.1) is 11.3 Å². The number of benzene rings is 4. The average Bonchev–Trinajstić information content (AvgIpc) is 2.89. The predicted octanol–water partition coefficient (Wildman–Crippen LogP) is 5.57. The number of para-hydroxylation sites is 1. The maximum absolute atomic E-state index is 12.3. The third-order valence-electron chi connectivity index (χ3n) is 5.00. The van der Waals surface area contributed by atoms with Gasteiger partial charge in [0.05, 0.1) is 17.8 Å². The lowest BCUT2D eigenvalue weighted by atomic mass is 10.0. The van der Waals surface area contributed by atoms with Crippen molar-refractivity contribution in [2.24, 2.45) is 5.10 Å². The molecule has 160 valence electrons. The lowest BCUT2D eigenvalue weighted by molar-refractivity contribution is 0.0955. The van der Waals surface area contributed by atoms with Crippen molar-refractivity contribution < 1.29 is 9.53 Å². The molecule has 0 aliphatic carbocycles. The number of carbonyl (C=O) groups excluding carboxylic acids is 1. The van der Waals surface area contributed by atoms with Crippen LogP contribution >= 0.6 is 0 Å². The summed E-state index contributed by atoms with van der Waals surface area (Å²) in [6.07, 6.45) is 1.53. The van der Waals surface area contributed by atoms with Crippen molar-refractivity contribution in [3.8, 4) is 22.9 Å². The van der Waals surface area contributed by atoms with Crippen LogP contribution in [0.1, 0.15) is 27.0 Å². The summed E-state index contributed by atoms with van der Waals surface area (Å²) >= 11 is 0. The van der Waals surface area contributed by atoms with Crippen LogP contribution in [-0.2, 0) is 6.61 Å². The van der Waals surface area contributed by atoms with Crippen LogP contribution in [0.4, 0.5) is 0 Å². The zero-order chi connectivity index (χ0) is 22.9. The van der Waals surface area contributed by atoms with Gasteiger partial charge in [-0.3, -0.25) is 4.79 Å². The van der Waals surface area contributed by atoms with Crippen molar-refractivity contribution in [3.05, 3.63) is 125 Å². The molecule has 0 aromatic heterocycles. The van der Waals surface area contributed by atoms with E-state index in [-0.39, 0.29) is 5.91 Å². The monoisotopic (exact) mass is 431 g/mol. The fraction of sp³-hybridized carbons (Fsp3) is 0.0357. The highest BCUT2D eigenvalue weighted by atomic mass is 16.5. The molecule has 0 saturated carbocycles. The summed E-state index contributed by atoms with van der Waals surface area (Å²) in [6, 6.07) is 34.2. The lowest BCUT2D eigenvalue weighted by Gasteiger charge is -2.12. The third kappa shape index (κ3) is 5.72. The number of amides is 1. The fourth-order valence-corrected chi connectivity index (χ4v) is 3.24. The maximum atomic E-state index is 12.3. The first kappa shape index (κ1) is 21.5. The number of carbonyl (C=O) groups is 1. The minimum Gasteiger partial charge on any atom is -0.488 e. The predicted molar refractivity (Wildman–Crippen MR) is 129 cm³/mol. The van der Waals surface area contributed by atoms with E-state index in [9.17, 15) is 4.79 Å². The summed E-state index contributed by atoms with van der Waals surface area (Å²) in [6.45, 7) is 0.391. The van der Waals surface area contributed by atoms with E-state index in [2.05, 4.69) is 28.7 Å². The summed E-state index contributed by atoms with van der Waals surface area (Å²) in [5.74, 6) is 0.504. The molecular weight excluding hydrogens is 410 g/mol. The van der Waals surface area contributed by atoms with E-state index < -0.39 is 0 Å². The Balaban J connectivity index is 1.35. The molecule has 5 heteroatoms. The molecule has 0 bridgehead atoms. The van der Waals surface area contributed by atoms with Crippen LogP contribution < -0.4 is 10.2 Å². The van der Waals surface area contributed by atoms with Gasteiger partial charge >= 0.3 is 0 Å². The molecule has 0 heterocycles. The third-order valence-corrected chi connectivity index (χ3v) is 5.00. The number of ether oxygens (including phenoxy) is 1. The van der Waals surface area contributed by atoms with Crippen LogP contribution in [-0.4, -0.2) is 12.1 Å². The summed E-state index contributed by atoms with van der Waals surface area (Å²) in [5.41, 5.74) is 7.47. The maximum Gasteiger partial charge on any atom is 0.271 e. The number of hydrogen-bond donors (Lipinski definition) is 1. The minimum absolute atomic E-state index is 0.304. The lowest BCUT2D eigenvalue weighted by Crippen LogP contribution is -2.17. The van der Waals surface area contributed by atoms with Crippen molar-refractivity contribution in [1.29, 1.82) is 5.26 Å². The molecule has 4 rings (SSSR count). The first-order chi connectivity index (χ1) is 16.2. The molecule has 4 aromatic carbocycles. The molecule has 1 amide bonds. The van der Waals surface area contributed by atoms with Gasteiger partial charge in [0.2, 0.25) is 0 Å². The Kier molecular flexibility index (Phi) is 6.89. The molecule has 5 nitrogen and oxygen atoms in total. The quantitative estimate of drug-likeness (QED) is 0.307. The van der Waals surface area contributed by atoms with Crippen molar-refractivity contribution in [2.45, 2.75) is 6.61 Å². The number of hydrazone groups is 1. The molecule has 1 N–H and O–H groups in total. The smallest absolute Gasteiger partial charge is 0.271 e. The largest absolute Gasteiger partial charge is 0.488 e. The van der Waals surface area contributed by atoms with Crippen molar-refractivity contribution in [2.75, 3.05) is 0 Å². The number of nitrogens with zero attached hydrogens (tertiary/aromatic N) is 2. The second kappa shape index (κ2) is 10.6. The van der Waals surface area contributed by atoms with Gasteiger partial charge < -0.3 is 4.74 Å². The number of hydrogen-bond acceptors (Lipinski definition) is 4. The standard InChI is InChI=1S/C28H21N3O2/c29-18-21-10-12-22(13-11-21)19-30-31-28(32)25-16-14-23(15-17-25)20-33-27-9-5-4-8-26(27)24-6-2-1-3-7-24/h1-17,19H,20H2,(H,31,32)/b30-19+. The normalized spacial score (nSPS) is 10.5. The SMILES string of the molecule is N#Cc1ccc(/C=N/NC(=O)c2ccc(COc3ccccc3-c3ccccc3)cc2)cc1. The first-order valence-electron chi connectivity index (χ1n) is 10.4. The molecular formula is C28H21N3O2. The van der Waals surface area contributed by atoms with Gasteiger partial charge in [-0.05, 0) is 47.0 Å². The van der Waals surface area contributed by atoms with Crippen LogP contribution in [0.3, 0.4) is 0 Å². The van der Waals surface area contributed by atoms with E-state index in [1.807, 2.05) is 54.6 Å². The van der Waals surface area contributed by atoms with E-state index >= 15 is 0 Å². The van der Waals surface area contributed by atoms with Gasteiger partial charge in [-0.15, -0.1) is 0 Å². The van der Waals surface area contributed by atoms with E-state index in [0.717, 1.165) is 28.0 Å². The Morgan fingerprint density at radius 3 is 2.30 bits per heavy atom. The highest BCUT2D eigenvalue weighted by Gasteiger charge is 2.07. The van der Waals surface area contributed by atoms with Gasteiger partial charge in [0.25, 0.3) is 5.91 Å². The van der Waals surface area contributed by atoms with Gasteiger partial charge in [0.15, 0.2) is 0 Å².